The van der Waals surface area contributed by atoms with Gasteiger partial charge in [-0.05, 0) is 0 Å². The number of methoxy groups -OCH3 is 2. The fourth-order valence-corrected chi connectivity index (χ4v) is 3.23. The van der Waals surface area contributed by atoms with Crippen molar-refractivity contribution in [1.82, 2.24) is 0 Å². The van der Waals surface area contributed by atoms with Crippen LogP contribution < -0.4 is 5.30 Å². The molecule has 0 saturated heterocycles. The molecule has 0 bridgehead atoms. The zero-order valence-corrected chi connectivity index (χ0v) is 9.37. The lowest BCUT2D eigenvalue weighted by Gasteiger charge is -2.16. The van der Waals surface area contributed by atoms with Crippen LogP contribution in [-0.2, 0) is 14.0 Å². The van der Waals surface area contributed by atoms with Crippen molar-refractivity contribution in [3.63, 3.8) is 0 Å². The first-order valence-corrected chi connectivity index (χ1v) is 6.42. The Morgan fingerprint density at radius 1 is 1.07 bits per heavy atom. The predicted molar refractivity (Wildman–Crippen MR) is 57.4 cm³/mol. The average Bonchev–Trinajstić information content (AvgIpc) is 2.20. The molecule has 78 valence electrons. The minimum absolute atomic E-state index is 0.227. The van der Waals surface area contributed by atoms with E-state index in [0.717, 1.165) is 5.30 Å². The number of rotatable bonds is 5. The van der Waals surface area contributed by atoms with Crippen LogP contribution in [0.25, 0.3) is 0 Å². The molecule has 0 spiro atoms. The number of ether oxygens (including phenoxy) is 2. The van der Waals surface area contributed by atoms with Crippen molar-refractivity contribution >= 4 is 12.4 Å². The van der Waals surface area contributed by atoms with Crippen molar-refractivity contribution in [3.8, 4) is 0 Å². The van der Waals surface area contributed by atoms with Crippen LogP contribution in [0, 0.1) is 0 Å². The fraction of sp³-hybridized carbons (Fsp3) is 0.400. The molecule has 1 aromatic carbocycles. The van der Waals surface area contributed by atoms with Crippen molar-refractivity contribution in [2.75, 3.05) is 26.9 Å². The lowest BCUT2D eigenvalue weighted by Crippen LogP contribution is -2.12. The third-order valence-corrected chi connectivity index (χ3v) is 4.49. The summed E-state index contributed by atoms with van der Waals surface area (Å²) in [6, 6.07) is 9.33. The molecular formula is C10H15O3P. The molecular weight excluding hydrogens is 199 g/mol. The molecule has 4 heteroatoms. The van der Waals surface area contributed by atoms with Crippen LogP contribution in [-0.4, -0.2) is 26.9 Å². The highest BCUT2D eigenvalue weighted by Gasteiger charge is 2.24. The van der Waals surface area contributed by atoms with E-state index in [1.807, 2.05) is 30.3 Å². The minimum atomic E-state index is -2.52. The molecule has 0 aromatic heterocycles. The van der Waals surface area contributed by atoms with Gasteiger partial charge >= 0.3 is 0 Å². The summed E-state index contributed by atoms with van der Waals surface area (Å²) in [7, 11) is 0.578. The van der Waals surface area contributed by atoms with Crippen molar-refractivity contribution < 1.29 is 14.0 Å². The summed E-state index contributed by atoms with van der Waals surface area (Å²) in [5, 5.41) is 0.809. The van der Waals surface area contributed by atoms with Gasteiger partial charge in [0.1, 0.15) is 12.7 Å². The van der Waals surface area contributed by atoms with E-state index in [1.165, 1.54) is 0 Å². The summed E-state index contributed by atoms with van der Waals surface area (Å²) in [6.45, 7) is 0. The average molecular weight is 214 g/mol. The summed E-state index contributed by atoms with van der Waals surface area (Å²) in [6.07, 6.45) is 0.454. The summed E-state index contributed by atoms with van der Waals surface area (Å²) < 4.78 is 22.3. The molecule has 0 aliphatic rings. The van der Waals surface area contributed by atoms with Gasteiger partial charge < -0.3 is 14.0 Å². The number of hydrogen-bond acceptors (Lipinski definition) is 3. The van der Waals surface area contributed by atoms with E-state index in [2.05, 4.69) is 0 Å². The normalized spacial score (nSPS) is 11.6. The van der Waals surface area contributed by atoms with Crippen molar-refractivity contribution in [3.05, 3.63) is 30.3 Å². The first-order valence-electron chi connectivity index (χ1n) is 4.34. The van der Waals surface area contributed by atoms with Gasteiger partial charge in [0.05, 0.1) is 0 Å². The molecule has 0 N–H and O–H groups in total. The Morgan fingerprint density at radius 3 is 2.00 bits per heavy atom. The highest BCUT2D eigenvalue weighted by molar-refractivity contribution is 7.71. The highest BCUT2D eigenvalue weighted by Crippen LogP contribution is 2.43. The van der Waals surface area contributed by atoms with Gasteiger partial charge in [-0.2, -0.15) is 0 Å². The maximum atomic E-state index is 12.4. The van der Waals surface area contributed by atoms with Crippen LogP contribution in [0.4, 0.5) is 0 Å². The van der Waals surface area contributed by atoms with Gasteiger partial charge in [-0.25, -0.2) is 0 Å². The van der Waals surface area contributed by atoms with Crippen LogP contribution in [0.3, 0.4) is 0 Å². The minimum Gasteiger partial charge on any atom is -0.377 e. The van der Waals surface area contributed by atoms with E-state index in [0.29, 0.717) is 0 Å². The van der Waals surface area contributed by atoms with Crippen LogP contribution in [0.1, 0.15) is 0 Å². The van der Waals surface area contributed by atoms with Crippen molar-refractivity contribution in [2.45, 2.75) is 0 Å². The van der Waals surface area contributed by atoms with E-state index < -0.39 is 7.14 Å². The molecule has 0 fully saturated rings. The summed E-state index contributed by atoms with van der Waals surface area (Å²) in [5.74, 6) is 0. The van der Waals surface area contributed by atoms with Gasteiger partial charge in [0.2, 0.25) is 0 Å². The maximum Gasteiger partial charge on any atom is 0.164 e. The Morgan fingerprint density at radius 2 is 1.57 bits per heavy atom. The third-order valence-electron chi connectivity index (χ3n) is 1.90. The van der Waals surface area contributed by atoms with Crippen LogP contribution >= 0.6 is 7.14 Å². The van der Waals surface area contributed by atoms with E-state index in [1.54, 1.807) is 14.2 Å². The maximum absolute atomic E-state index is 12.4. The Labute approximate surface area is 84.4 Å². The third kappa shape index (κ3) is 2.68. The topological polar surface area (TPSA) is 35.5 Å². The van der Waals surface area contributed by atoms with Gasteiger partial charge in [0, 0.05) is 19.5 Å². The molecule has 0 aliphatic heterocycles. The van der Waals surface area contributed by atoms with Gasteiger partial charge in [0.15, 0.2) is 7.14 Å². The first-order chi connectivity index (χ1) is 6.73. The molecule has 0 radical (unpaired) electrons. The molecule has 0 unspecified atom stereocenters. The largest absolute Gasteiger partial charge is 0.377 e. The molecule has 0 amide bonds. The second kappa shape index (κ2) is 5.30. The van der Waals surface area contributed by atoms with E-state index in [-0.39, 0.29) is 12.7 Å². The summed E-state index contributed by atoms with van der Waals surface area (Å²) in [4.78, 5) is 0. The van der Waals surface area contributed by atoms with Gasteiger partial charge in [0.25, 0.3) is 0 Å². The zero-order valence-electron chi connectivity index (χ0n) is 8.47. The molecule has 0 aliphatic carbocycles. The Hall–Kier alpha value is -0.630. The summed E-state index contributed by atoms with van der Waals surface area (Å²) in [5.41, 5.74) is 0. The van der Waals surface area contributed by atoms with E-state index in [9.17, 15) is 4.57 Å². The molecule has 14 heavy (non-hydrogen) atoms. The Balaban J connectivity index is 2.94. The summed E-state index contributed by atoms with van der Waals surface area (Å²) >= 11 is 0. The molecule has 1 aromatic rings. The zero-order chi connectivity index (χ0) is 10.4. The molecule has 0 atom stereocenters. The standard InChI is InChI=1S/C10H15O3P/c1-12-8-14(11,9-13-2)10-6-4-3-5-7-10/h3-7H,8-9H2,1-2H3. The SMILES string of the molecule is COCP(=O)(COC)c1ccccc1. The highest BCUT2D eigenvalue weighted by atomic mass is 31.2. The van der Waals surface area contributed by atoms with E-state index >= 15 is 0 Å². The smallest absolute Gasteiger partial charge is 0.164 e. The monoisotopic (exact) mass is 214 g/mol. The second-order valence-corrected chi connectivity index (χ2v) is 5.87. The lowest BCUT2D eigenvalue weighted by atomic mass is 10.4. The van der Waals surface area contributed by atoms with Crippen molar-refractivity contribution in [2.24, 2.45) is 0 Å². The first kappa shape index (κ1) is 11.4. The predicted octanol–water partition coefficient (Wildman–Crippen LogP) is 1.88. The molecule has 1 rings (SSSR count). The van der Waals surface area contributed by atoms with Gasteiger partial charge in [-0.15, -0.1) is 0 Å². The van der Waals surface area contributed by atoms with Crippen molar-refractivity contribution in [1.29, 1.82) is 0 Å². The molecule has 3 nitrogen and oxygen atoms in total. The number of benzene rings is 1. The quantitative estimate of drug-likeness (QED) is 0.702. The molecule has 0 heterocycles. The van der Waals surface area contributed by atoms with Gasteiger partial charge in [-0.1, -0.05) is 30.3 Å². The van der Waals surface area contributed by atoms with E-state index in [4.69, 9.17) is 9.47 Å². The Kier molecular flexibility index (Phi) is 4.33. The van der Waals surface area contributed by atoms with Crippen LogP contribution in [0.5, 0.6) is 0 Å². The van der Waals surface area contributed by atoms with Gasteiger partial charge in [-0.3, -0.25) is 0 Å². The lowest BCUT2D eigenvalue weighted by molar-refractivity contribution is 0.225. The van der Waals surface area contributed by atoms with Crippen LogP contribution in [0.15, 0.2) is 30.3 Å². The fourth-order valence-electron chi connectivity index (χ4n) is 1.30. The van der Waals surface area contributed by atoms with Crippen LogP contribution in [0.2, 0.25) is 0 Å². The molecule has 0 saturated carbocycles. The Bertz CT molecular complexity index is 300. The number of hydrogen-bond donors (Lipinski definition) is 0. The second-order valence-electron chi connectivity index (χ2n) is 3.06.